The Morgan fingerprint density at radius 1 is 0.938 bits per heavy atom. The number of carbonyl (C=O) groups is 3. The van der Waals surface area contributed by atoms with E-state index < -0.39 is 0 Å². The highest BCUT2D eigenvalue weighted by Gasteiger charge is 2.22. The molecule has 2 aromatic carbocycles. The molecule has 1 aliphatic heterocycles. The topological polar surface area (TPSA) is 70.2 Å². The number of hydrogen-bond donors (Lipinski definition) is 0. The molecule has 7 heteroatoms. The predicted molar refractivity (Wildman–Crippen MR) is 123 cm³/mol. The maximum absolute atomic E-state index is 12.7. The van der Waals surface area contributed by atoms with Crippen molar-refractivity contribution < 1.29 is 19.1 Å². The molecule has 32 heavy (non-hydrogen) atoms. The van der Waals surface area contributed by atoms with E-state index in [1.54, 1.807) is 21.6 Å². The van der Waals surface area contributed by atoms with Gasteiger partial charge in [-0.3, -0.25) is 14.4 Å². The molecule has 1 fully saturated rings. The third kappa shape index (κ3) is 6.17. The van der Waals surface area contributed by atoms with Gasteiger partial charge in [-0.1, -0.05) is 42.0 Å². The Hall–Kier alpha value is -3.19. The van der Waals surface area contributed by atoms with Crippen LogP contribution in [0.4, 0.5) is 5.69 Å². The van der Waals surface area contributed by atoms with Crippen LogP contribution in [0.25, 0.3) is 0 Å². The monoisotopic (exact) mass is 437 g/mol. The Morgan fingerprint density at radius 2 is 1.59 bits per heavy atom. The summed E-state index contributed by atoms with van der Waals surface area (Å²) < 4.78 is 5.07. The van der Waals surface area contributed by atoms with Gasteiger partial charge >= 0.3 is 0 Å². The van der Waals surface area contributed by atoms with Crippen molar-refractivity contribution in [3.05, 3.63) is 65.2 Å². The van der Waals surface area contributed by atoms with Crippen LogP contribution >= 0.6 is 0 Å². The molecule has 0 atom stereocenters. The summed E-state index contributed by atoms with van der Waals surface area (Å²) >= 11 is 0. The van der Waals surface area contributed by atoms with Gasteiger partial charge in [0, 0.05) is 45.9 Å². The molecule has 1 saturated heterocycles. The minimum atomic E-state index is -0.124. The van der Waals surface area contributed by atoms with Gasteiger partial charge in [0.15, 0.2) is 0 Å². The summed E-state index contributed by atoms with van der Waals surface area (Å²) in [7, 11) is 1.51. The number of aryl methyl sites for hydroxylation is 1. The van der Waals surface area contributed by atoms with Crippen LogP contribution in [0.1, 0.15) is 23.6 Å². The molecule has 2 aromatic rings. The predicted octanol–water partition coefficient (Wildman–Crippen LogP) is 2.41. The van der Waals surface area contributed by atoms with Gasteiger partial charge in [-0.15, -0.1) is 0 Å². The number of ether oxygens (including phenoxy) is 1. The van der Waals surface area contributed by atoms with E-state index in [1.165, 1.54) is 7.11 Å². The number of hydrogen-bond acceptors (Lipinski definition) is 4. The Labute approximate surface area is 189 Å². The smallest absolute Gasteiger partial charge is 0.253 e. The molecule has 0 unspecified atom stereocenters. The van der Waals surface area contributed by atoms with Crippen molar-refractivity contribution in [3.8, 4) is 0 Å². The highest BCUT2D eigenvalue weighted by molar-refractivity contribution is 5.94. The third-order valence-corrected chi connectivity index (χ3v) is 5.67. The highest BCUT2D eigenvalue weighted by atomic mass is 16.5. The fraction of sp³-hybridized carbons (Fsp3) is 0.400. The molecule has 0 N–H and O–H groups in total. The molecule has 0 aliphatic carbocycles. The lowest BCUT2D eigenvalue weighted by Crippen LogP contribution is -2.50. The molecule has 3 amide bonds. The molecule has 0 radical (unpaired) electrons. The second-order valence-electron chi connectivity index (χ2n) is 8.13. The molecule has 0 bridgehead atoms. The number of nitrogens with zero attached hydrogens (tertiary/aromatic N) is 3. The summed E-state index contributed by atoms with van der Waals surface area (Å²) in [4.78, 5) is 42.1. The van der Waals surface area contributed by atoms with Crippen LogP contribution in [0.15, 0.2) is 48.5 Å². The Bertz CT molecular complexity index is 950. The molecule has 1 heterocycles. The van der Waals surface area contributed by atoms with Crippen LogP contribution in [0, 0.1) is 6.92 Å². The first kappa shape index (κ1) is 23.5. The molecule has 170 valence electrons. The van der Waals surface area contributed by atoms with Crippen LogP contribution < -0.4 is 4.90 Å². The lowest BCUT2D eigenvalue weighted by Gasteiger charge is -2.34. The Morgan fingerprint density at radius 3 is 2.19 bits per heavy atom. The number of rotatable bonds is 7. The van der Waals surface area contributed by atoms with Gasteiger partial charge in [-0.05, 0) is 30.2 Å². The molecular weight excluding hydrogens is 406 g/mol. The van der Waals surface area contributed by atoms with Gasteiger partial charge in [-0.25, -0.2) is 0 Å². The van der Waals surface area contributed by atoms with E-state index in [0.29, 0.717) is 39.1 Å². The first-order valence-electron chi connectivity index (χ1n) is 10.8. The first-order valence-corrected chi connectivity index (χ1v) is 10.8. The SMILES string of the molecule is COCC(=O)N(Cc1cccc(C)c1)c1ccc(CC(=O)N2CCN(C(C)=O)CC2)cc1. The second-order valence-corrected chi connectivity index (χ2v) is 8.13. The summed E-state index contributed by atoms with van der Waals surface area (Å²) in [5.41, 5.74) is 3.83. The molecule has 0 aromatic heterocycles. The van der Waals surface area contributed by atoms with Crippen molar-refractivity contribution in [3.63, 3.8) is 0 Å². The number of carbonyl (C=O) groups excluding carboxylic acids is 3. The van der Waals surface area contributed by atoms with Gasteiger partial charge in [0.2, 0.25) is 11.8 Å². The van der Waals surface area contributed by atoms with E-state index in [2.05, 4.69) is 6.07 Å². The summed E-state index contributed by atoms with van der Waals surface area (Å²) in [6.07, 6.45) is 0.296. The minimum Gasteiger partial charge on any atom is -0.375 e. The fourth-order valence-electron chi connectivity index (χ4n) is 3.87. The second kappa shape index (κ2) is 10.9. The van der Waals surface area contributed by atoms with E-state index in [1.807, 2.05) is 49.4 Å². The van der Waals surface area contributed by atoms with Crippen LogP contribution in [-0.2, 0) is 32.1 Å². The van der Waals surface area contributed by atoms with Gasteiger partial charge in [-0.2, -0.15) is 0 Å². The summed E-state index contributed by atoms with van der Waals surface area (Å²) in [5.74, 6) is -0.0277. The Balaban J connectivity index is 1.66. The zero-order valence-corrected chi connectivity index (χ0v) is 19.0. The summed E-state index contributed by atoms with van der Waals surface area (Å²) in [6, 6.07) is 15.6. The van der Waals surface area contributed by atoms with Crippen LogP contribution in [0.5, 0.6) is 0 Å². The highest BCUT2D eigenvalue weighted by Crippen LogP contribution is 2.20. The lowest BCUT2D eigenvalue weighted by atomic mass is 10.1. The van der Waals surface area contributed by atoms with Crippen molar-refractivity contribution in [2.45, 2.75) is 26.8 Å². The fourth-order valence-corrected chi connectivity index (χ4v) is 3.87. The maximum atomic E-state index is 12.7. The standard InChI is InChI=1S/C25H31N3O4/c1-19-5-4-6-22(15-19)17-28(25(31)18-32-3)23-9-7-21(8-10-23)16-24(30)27-13-11-26(12-14-27)20(2)29/h4-10,15H,11-14,16-18H2,1-3H3. The molecule has 0 saturated carbocycles. The van der Waals surface area contributed by atoms with Crippen LogP contribution in [0.2, 0.25) is 0 Å². The van der Waals surface area contributed by atoms with Crippen LogP contribution in [0.3, 0.4) is 0 Å². The van der Waals surface area contributed by atoms with Gasteiger partial charge in [0.25, 0.3) is 5.91 Å². The minimum absolute atomic E-state index is 0.00169. The number of amides is 3. The maximum Gasteiger partial charge on any atom is 0.253 e. The van der Waals surface area contributed by atoms with Crippen LogP contribution in [-0.4, -0.2) is 67.4 Å². The molecule has 1 aliphatic rings. The van der Waals surface area contributed by atoms with Crippen molar-refractivity contribution in [2.24, 2.45) is 0 Å². The lowest BCUT2D eigenvalue weighted by molar-refractivity contribution is -0.138. The van der Waals surface area contributed by atoms with Gasteiger partial charge in [0.05, 0.1) is 13.0 Å². The van der Waals surface area contributed by atoms with E-state index in [0.717, 1.165) is 22.4 Å². The van der Waals surface area contributed by atoms with E-state index >= 15 is 0 Å². The summed E-state index contributed by atoms with van der Waals surface area (Å²) in [5, 5.41) is 0. The number of anilines is 1. The molecule has 0 spiro atoms. The normalized spacial score (nSPS) is 13.7. The third-order valence-electron chi connectivity index (χ3n) is 5.67. The first-order chi connectivity index (χ1) is 15.4. The molecular formula is C25H31N3O4. The summed E-state index contributed by atoms with van der Waals surface area (Å²) in [6.45, 7) is 6.31. The van der Waals surface area contributed by atoms with Gasteiger partial charge in [0.1, 0.15) is 6.61 Å². The van der Waals surface area contributed by atoms with E-state index in [9.17, 15) is 14.4 Å². The Kier molecular flexibility index (Phi) is 8.00. The zero-order chi connectivity index (χ0) is 23.1. The van der Waals surface area contributed by atoms with Crippen molar-refractivity contribution in [2.75, 3.05) is 44.8 Å². The average Bonchev–Trinajstić information content (AvgIpc) is 2.78. The zero-order valence-electron chi connectivity index (χ0n) is 19.0. The number of piperazine rings is 1. The van der Waals surface area contributed by atoms with E-state index in [-0.39, 0.29) is 24.3 Å². The average molecular weight is 438 g/mol. The molecule has 7 nitrogen and oxygen atoms in total. The largest absolute Gasteiger partial charge is 0.375 e. The number of benzene rings is 2. The van der Waals surface area contributed by atoms with Crippen molar-refractivity contribution in [1.29, 1.82) is 0 Å². The van der Waals surface area contributed by atoms with E-state index in [4.69, 9.17) is 4.74 Å². The number of methoxy groups -OCH3 is 1. The van der Waals surface area contributed by atoms with Crippen molar-refractivity contribution in [1.82, 2.24) is 9.80 Å². The van der Waals surface area contributed by atoms with Crippen molar-refractivity contribution >= 4 is 23.4 Å². The molecule has 3 rings (SSSR count). The quantitative estimate of drug-likeness (QED) is 0.667. The van der Waals surface area contributed by atoms with Gasteiger partial charge < -0.3 is 19.4 Å².